The zero-order valence-electron chi connectivity index (χ0n) is 51.8. The van der Waals surface area contributed by atoms with Crippen molar-refractivity contribution in [1.29, 1.82) is 0 Å². The zero-order valence-corrected chi connectivity index (χ0v) is 51.8. The molecule has 3 unspecified atom stereocenters. The lowest BCUT2D eigenvalue weighted by Crippen LogP contribution is -2.13. The molecule has 0 heterocycles. The molecule has 0 aliphatic heterocycles. The van der Waals surface area contributed by atoms with Gasteiger partial charge in [-0.1, -0.05) is 287 Å². The Morgan fingerprint density at radius 3 is 0.566 bits per heavy atom. The third-order valence-corrected chi connectivity index (χ3v) is 14.2. The van der Waals surface area contributed by atoms with Crippen molar-refractivity contribution in [2.75, 3.05) is 26.4 Å². The van der Waals surface area contributed by atoms with Crippen molar-refractivity contribution >= 4 is 23.9 Å². The molecule has 76 heavy (non-hydrogen) atoms. The Bertz CT molecular complexity index is 1270. The fourth-order valence-electron chi connectivity index (χ4n) is 9.13. The summed E-state index contributed by atoms with van der Waals surface area (Å²) in [4.78, 5) is 44.5. The van der Waals surface area contributed by atoms with Gasteiger partial charge in [-0.2, -0.15) is 0 Å². The second-order valence-corrected chi connectivity index (χ2v) is 21.6. The van der Waals surface area contributed by atoms with Gasteiger partial charge in [0.25, 0.3) is 0 Å². The van der Waals surface area contributed by atoms with E-state index >= 15 is 0 Å². The van der Waals surface area contributed by atoms with E-state index in [0.717, 1.165) is 0 Å². The SMILES string of the molecule is C=CC(=O)OCC(CCCC)CCCCCC.C=CC(=O)OCC(CCCC)CCCCCCCC.C=CC(=O)OCC(CCCCCC)CCCCCC.C=CC(=O)OCC(CCCCCC)CCCCCCCC. The second kappa shape index (κ2) is 67.9. The third kappa shape index (κ3) is 65.1. The molecule has 0 aromatic carbocycles. The molecule has 8 nitrogen and oxygen atoms in total. The van der Waals surface area contributed by atoms with Gasteiger partial charge in [0.1, 0.15) is 0 Å². The van der Waals surface area contributed by atoms with Crippen LogP contribution in [-0.4, -0.2) is 50.3 Å². The summed E-state index contributed by atoms with van der Waals surface area (Å²) in [6, 6.07) is 0. The molecule has 0 aliphatic carbocycles. The summed E-state index contributed by atoms with van der Waals surface area (Å²) in [5, 5.41) is 0. The Morgan fingerprint density at radius 1 is 0.250 bits per heavy atom. The normalized spacial score (nSPS) is 11.8. The minimum absolute atomic E-state index is 0.281. The van der Waals surface area contributed by atoms with Crippen LogP contribution in [-0.2, 0) is 38.1 Å². The lowest BCUT2D eigenvalue weighted by molar-refractivity contribution is -0.140. The monoisotopic (exact) mass is 1070 g/mol. The second-order valence-electron chi connectivity index (χ2n) is 21.6. The summed E-state index contributed by atoms with van der Waals surface area (Å²) in [5.41, 5.74) is 0. The van der Waals surface area contributed by atoms with Crippen LogP contribution in [0.4, 0.5) is 0 Å². The molecule has 0 amide bonds. The Kier molecular flexibility index (Phi) is 70.9. The van der Waals surface area contributed by atoms with E-state index in [1.807, 2.05) is 0 Å². The van der Waals surface area contributed by atoms with Crippen LogP contribution >= 0.6 is 0 Å². The average molecular weight is 1070 g/mol. The molecule has 0 spiro atoms. The highest BCUT2D eigenvalue weighted by Crippen LogP contribution is 2.22. The van der Waals surface area contributed by atoms with Crippen LogP contribution in [0.1, 0.15) is 312 Å². The molecule has 0 N–H and O–H groups in total. The van der Waals surface area contributed by atoms with Crippen LogP contribution < -0.4 is 0 Å². The van der Waals surface area contributed by atoms with Crippen molar-refractivity contribution in [3.63, 3.8) is 0 Å². The van der Waals surface area contributed by atoms with Gasteiger partial charge in [0.15, 0.2) is 0 Å². The van der Waals surface area contributed by atoms with Crippen LogP contribution in [0.15, 0.2) is 50.6 Å². The van der Waals surface area contributed by atoms with Gasteiger partial charge in [0.2, 0.25) is 0 Å². The molecular formula is C68H128O8. The van der Waals surface area contributed by atoms with E-state index in [0.29, 0.717) is 50.1 Å². The van der Waals surface area contributed by atoms with Crippen molar-refractivity contribution in [1.82, 2.24) is 0 Å². The lowest BCUT2D eigenvalue weighted by Gasteiger charge is -2.16. The summed E-state index contributed by atoms with van der Waals surface area (Å²) >= 11 is 0. The Morgan fingerprint density at radius 2 is 0.395 bits per heavy atom. The zero-order chi connectivity index (χ0) is 57.4. The molecular weight excluding hydrogens is 945 g/mol. The van der Waals surface area contributed by atoms with Crippen molar-refractivity contribution in [2.45, 2.75) is 312 Å². The fraction of sp³-hybridized carbons (Fsp3) is 0.824. The molecule has 0 rings (SSSR count). The number of esters is 4. The molecule has 0 saturated heterocycles. The van der Waals surface area contributed by atoms with E-state index in [9.17, 15) is 19.2 Å². The van der Waals surface area contributed by atoms with Gasteiger partial charge in [-0.25, -0.2) is 19.2 Å². The minimum Gasteiger partial charge on any atom is -0.462 e. The average Bonchev–Trinajstić information content (AvgIpc) is 3.44. The van der Waals surface area contributed by atoms with Crippen molar-refractivity contribution in [3.05, 3.63) is 50.6 Å². The maximum absolute atomic E-state index is 11.2. The molecule has 0 aromatic rings. The summed E-state index contributed by atoms with van der Waals surface area (Å²) in [6.45, 7) is 33.8. The first-order valence-electron chi connectivity index (χ1n) is 32.1. The number of ether oxygens (including phenoxy) is 4. The van der Waals surface area contributed by atoms with Gasteiger partial charge in [-0.15, -0.1) is 0 Å². The van der Waals surface area contributed by atoms with E-state index in [-0.39, 0.29) is 23.9 Å². The first-order chi connectivity index (χ1) is 37.0. The summed E-state index contributed by atoms with van der Waals surface area (Å²) in [7, 11) is 0. The summed E-state index contributed by atoms with van der Waals surface area (Å²) in [6.07, 6.45) is 55.9. The van der Waals surface area contributed by atoms with Crippen LogP contribution in [0.5, 0.6) is 0 Å². The molecule has 0 aromatic heterocycles. The van der Waals surface area contributed by atoms with E-state index < -0.39 is 0 Å². The van der Waals surface area contributed by atoms with Crippen LogP contribution in [0.3, 0.4) is 0 Å². The fourth-order valence-corrected chi connectivity index (χ4v) is 9.13. The van der Waals surface area contributed by atoms with Crippen molar-refractivity contribution in [2.24, 2.45) is 23.7 Å². The number of rotatable bonds is 52. The Balaban J connectivity index is -0.000000456. The van der Waals surface area contributed by atoms with Gasteiger partial charge >= 0.3 is 23.9 Å². The summed E-state index contributed by atoms with van der Waals surface area (Å²) < 4.78 is 20.8. The van der Waals surface area contributed by atoms with Crippen molar-refractivity contribution < 1.29 is 38.1 Å². The van der Waals surface area contributed by atoms with Crippen LogP contribution in [0.25, 0.3) is 0 Å². The third-order valence-electron chi connectivity index (χ3n) is 14.2. The van der Waals surface area contributed by atoms with Crippen LogP contribution in [0.2, 0.25) is 0 Å². The first kappa shape index (κ1) is 79.3. The maximum Gasteiger partial charge on any atom is 0.330 e. The molecule has 0 bridgehead atoms. The quantitative estimate of drug-likeness (QED) is 0.0257. The molecule has 0 radical (unpaired) electrons. The number of unbranched alkanes of at least 4 members (excludes halogenated alkanes) is 24. The van der Waals surface area contributed by atoms with Gasteiger partial charge in [0.05, 0.1) is 26.4 Å². The van der Waals surface area contributed by atoms with E-state index in [1.54, 1.807) is 0 Å². The molecule has 0 aliphatic rings. The molecule has 3 atom stereocenters. The van der Waals surface area contributed by atoms with Crippen LogP contribution in [0, 0.1) is 23.7 Å². The number of hydrogen-bond donors (Lipinski definition) is 0. The molecule has 448 valence electrons. The Labute approximate surface area is 473 Å². The predicted octanol–water partition coefficient (Wildman–Crippen LogP) is 21.1. The molecule has 0 saturated carbocycles. The highest BCUT2D eigenvalue weighted by Gasteiger charge is 2.14. The smallest absolute Gasteiger partial charge is 0.330 e. The summed E-state index contributed by atoms with van der Waals surface area (Å²) in [5.74, 6) is 1.01. The number of carbonyl (C=O) groups is 4. The maximum atomic E-state index is 11.2. The highest BCUT2D eigenvalue weighted by molar-refractivity contribution is 5.82. The highest BCUT2D eigenvalue weighted by atomic mass is 16.5. The van der Waals surface area contributed by atoms with E-state index in [2.05, 4.69) is 81.7 Å². The van der Waals surface area contributed by atoms with E-state index in [4.69, 9.17) is 18.9 Å². The standard InChI is InChI=1S/C19H36O2.2C17H32O2.C15H28O2/c1-4-7-9-11-12-14-16-18(15-13-10-8-5-2)17-21-19(20)6-3;1-4-7-9-10-11-12-14-16(13-8-5-2)15-19-17(18)6-3;1-4-7-9-11-13-16(14-12-10-8-5-2)15-19-17(18)6-3;1-4-7-9-10-12-14(11-8-5-2)13-17-15(16)6-3/h6,18H,3-5,7-17H2,1-2H3;2*6,16H,3-5,7-15H2,1-2H3;6,14H,3-5,7-13H2,1-2H3. The topological polar surface area (TPSA) is 105 Å². The van der Waals surface area contributed by atoms with E-state index in [1.165, 1.54) is 281 Å². The minimum atomic E-state index is -0.292. The molecule has 0 fully saturated rings. The lowest BCUT2D eigenvalue weighted by atomic mass is 9.95. The largest absolute Gasteiger partial charge is 0.462 e. The van der Waals surface area contributed by atoms with Gasteiger partial charge < -0.3 is 18.9 Å². The first-order valence-corrected chi connectivity index (χ1v) is 32.1. The Hall–Kier alpha value is -3.16. The number of hydrogen-bond acceptors (Lipinski definition) is 8. The number of carbonyl (C=O) groups excluding carboxylic acids is 4. The van der Waals surface area contributed by atoms with Gasteiger partial charge in [-0.3, -0.25) is 0 Å². The predicted molar refractivity (Wildman–Crippen MR) is 329 cm³/mol. The van der Waals surface area contributed by atoms with Crippen molar-refractivity contribution in [3.8, 4) is 0 Å². The molecule has 8 heteroatoms. The van der Waals surface area contributed by atoms with Gasteiger partial charge in [-0.05, 0) is 75.0 Å². The van der Waals surface area contributed by atoms with Gasteiger partial charge in [0, 0.05) is 24.3 Å².